The lowest BCUT2D eigenvalue weighted by Crippen LogP contribution is -2.25. The van der Waals surface area contributed by atoms with Crippen LogP contribution >= 0.6 is 11.6 Å². The second kappa shape index (κ2) is 11.1. The first-order valence-electron chi connectivity index (χ1n) is 10.1. The summed E-state index contributed by atoms with van der Waals surface area (Å²) in [5, 5.41) is -0.165. The van der Waals surface area contributed by atoms with Crippen LogP contribution in [0.15, 0.2) is 65.3 Å². The number of methoxy groups -OCH3 is 1. The molecule has 7 heteroatoms. The highest BCUT2D eigenvalue weighted by Gasteiger charge is 2.24. The number of nitrogens with zero attached hydrogens (tertiary/aromatic N) is 2. The number of halogens is 2. The van der Waals surface area contributed by atoms with Crippen LogP contribution in [0.3, 0.4) is 0 Å². The molecule has 0 fully saturated rings. The monoisotopic (exact) mass is 445 g/mol. The Balaban J connectivity index is 2.57. The van der Waals surface area contributed by atoms with E-state index < -0.39 is 11.8 Å². The Labute approximate surface area is 188 Å². The zero-order chi connectivity index (χ0) is 23.1. The molecule has 0 aromatic carbocycles. The molecule has 5 nitrogen and oxygen atoms in total. The van der Waals surface area contributed by atoms with E-state index in [4.69, 9.17) is 22.1 Å². The van der Waals surface area contributed by atoms with Gasteiger partial charge in [0.15, 0.2) is 11.0 Å². The number of aromatic nitrogens is 1. The van der Waals surface area contributed by atoms with E-state index in [0.29, 0.717) is 29.8 Å². The second-order valence-corrected chi connectivity index (χ2v) is 7.61. The number of rotatable bonds is 8. The van der Waals surface area contributed by atoms with Crippen LogP contribution in [0.1, 0.15) is 39.2 Å². The fraction of sp³-hybridized carbons (Fsp3) is 0.333. The number of ether oxygens (including phenoxy) is 1. The summed E-state index contributed by atoms with van der Waals surface area (Å²) in [4.78, 5) is 17.7. The van der Waals surface area contributed by atoms with Crippen molar-refractivity contribution in [1.29, 1.82) is 0 Å². The molecule has 0 amide bonds. The SMILES string of the molecule is C=C1C(C)=C(C(=O)OC)C=CN1/C(CCN)=C(/C=C/c1ccnc(Cl)c1F)C(C)CC. The Morgan fingerprint density at radius 2 is 2.19 bits per heavy atom. The van der Waals surface area contributed by atoms with Crippen LogP contribution in [-0.2, 0) is 9.53 Å². The maximum Gasteiger partial charge on any atom is 0.338 e. The average molecular weight is 446 g/mol. The molecule has 2 heterocycles. The fourth-order valence-corrected chi connectivity index (χ4v) is 3.50. The number of esters is 1. The molecule has 0 saturated heterocycles. The minimum absolute atomic E-state index is 0.165. The molecule has 0 bridgehead atoms. The van der Waals surface area contributed by atoms with E-state index in [2.05, 4.69) is 25.4 Å². The quantitative estimate of drug-likeness (QED) is 0.331. The minimum Gasteiger partial charge on any atom is -0.465 e. The van der Waals surface area contributed by atoms with E-state index in [1.165, 1.54) is 13.3 Å². The number of nitrogens with two attached hydrogens (primary N) is 1. The molecule has 1 aromatic rings. The minimum atomic E-state index is -0.562. The van der Waals surface area contributed by atoms with E-state index in [0.717, 1.165) is 23.3 Å². The Morgan fingerprint density at radius 1 is 1.48 bits per heavy atom. The van der Waals surface area contributed by atoms with Crippen LogP contribution in [-0.4, -0.2) is 29.5 Å². The van der Waals surface area contributed by atoms with Gasteiger partial charge < -0.3 is 15.4 Å². The molecule has 31 heavy (non-hydrogen) atoms. The highest BCUT2D eigenvalue weighted by atomic mass is 35.5. The first-order valence-corrected chi connectivity index (χ1v) is 10.5. The average Bonchev–Trinajstić information content (AvgIpc) is 2.77. The largest absolute Gasteiger partial charge is 0.465 e. The Hall–Kier alpha value is -2.70. The van der Waals surface area contributed by atoms with Crippen molar-refractivity contribution >= 4 is 23.6 Å². The van der Waals surface area contributed by atoms with Crippen molar-refractivity contribution in [2.45, 2.75) is 33.6 Å². The Kier molecular flexibility index (Phi) is 8.77. The molecule has 1 unspecified atom stereocenters. The number of hydrogen-bond acceptors (Lipinski definition) is 5. The molecule has 0 aliphatic carbocycles. The van der Waals surface area contributed by atoms with Crippen LogP contribution in [0, 0.1) is 11.7 Å². The van der Waals surface area contributed by atoms with E-state index in [1.807, 2.05) is 17.9 Å². The third-order valence-corrected chi connectivity index (χ3v) is 5.65. The van der Waals surface area contributed by atoms with Gasteiger partial charge in [0, 0.05) is 35.8 Å². The van der Waals surface area contributed by atoms with E-state index >= 15 is 0 Å². The van der Waals surface area contributed by atoms with Gasteiger partial charge in [-0.3, -0.25) is 0 Å². The van der Waals surface area contributed by atoms with Gasteiger partial charge in [-0.1, -0.05) is 44.2 Å². The molecule has 1 atom stereocenters. The van der Waals surface area contributed by atoms with Crippen LogP contribution in [0.4, 0.5) is 4.39 Å². The maximum atomic E-state index is 14.3. The van der Waals surface area contributed by atoms with E-state index in [1.54, 1.807) is 24.4 Å². The van der Waals surface area contributed by atoms with Crippen molar-refractivity contribution in [3.63, 3.8) is 0 Å². The second-order valence-electron chi connectivity index (χ2n) is 7.25. The van der Waals surface area contributed by atoms with Crippen molar-refractivity contribution in [3.05, 3.63) is 81.8 Å². The number of carbonyl (C=O) groups is 1. The number of hydrogen-bond donors (Lipinski definition) is 1. The maximum absolute atomic E-state index is 14.3. The lowest BCUT2D eigenvalue weighted by molar-refractivity contribution is -0.135. The Bertz CT molecular complexity index is 979. The van der Waals surface area contributed by atoms with Crippen LogP contribution in [0.2, 0.25) is 5.15 Å². The molecule has 2 rings (SSSR count). The van der Waals surface area contributed by atoms with Crippen molar-refractivity contribution < 1.29 is 13.9 Å². The predicted molar refractivity (Wildman–Crippen MR) is 123 cm³/mol. The molecular weight excluding hydrogens is 417 g/mol. The van der Waals surface area contributed by atoms with Gasteiger partial charge in [-0.05, 0) is 49.1 Å². The lowest BCUT2D eigenvalue weighted by atomic mass is 9.92. The molecule has 1 aliphatic heterocycles. The highest BCUT2D eigenvalue weighted by Crippen LogP contribution is 2.33. The molecule has 2 N–H and O–H groups in total. The molecule has 166 valence electrons. The summed E-state index contributed by atoms with van der Waals surface area (Å²) in [6.45, 7) is 10.6. The van der Waals surface area contributed by atoms with Crippen molar-refractivity contribution in [2.24, 2.45) is 11.7 Å². The first kappa shape index (κ1) is 24.6. The van der Waals surface area contributed by atoms with Crippen molar-refractivity contribution in [3.8, 4) is 0 Å². The summed E-state index contributed by atoms with van der Waals surface area (Å²) in [6.07, 6.45) is 10.0. The van der Waals surface area contributed by atoms with Gasteiger partial charge in [-0.25, -0.2) is 14.2 Å². The van der Waals surface area contributed by atoms with Gasteiger partial charge in [0.2, 0.25) is 0 Å². The molecule has 1 aliphatic rings. The van der Waals surface area contributed by atoms with Crippen molar-refractivity contribution in [2.75, 3.05) is 13.7 Å². The van der Waals surface area contributed by atoms with E-state index in [9.17, 15) is 9.18 Å². The molecule has 0 saturated carbocycles. The van der Waals surface area contributed by atoms with Gasteiger partial charge in [-0.2, -0.15) is 0 Å². The fourth-order valence-electron chi connectivity index (χ4n) is 3.33. The van der Waals surface area contributed by atoms with Gasteiger partial charge >= 0.3 is 5.97 Å². The van der Waals surface area contributed by atoms with Crippen LogP contribution < -0.4 is 5.73 Å². The summed E-state index contributed by atoms with van der Waals surface area (Å²) in [7, 11) is 1.35. The Morgan fingerprint density at radius 3 is 2.81 bits per heavy atom. The van der Waals surface area contributed by atoms with Gasteiger partial charge in [0.25, 0.3) is 0 Å². The summed E-state index contributed by atoms with van der Waals surface area (Å²) in [6, 6.07) is 1.57. The third-order valence-electron chi connectivity index (χ3n) is 5.39. The van der Waals surface area contributed by atoms with Crippen LogP contribution in [0.5, 0.6) is 0 Å². The van der Waals surface area contributed by atoms with Gasteiger partial charge in [0.05, 0.1) is 12.7 Å². The van der Waals surface area contributed by atoms with E-state index in [-0.39, 0.29) is 11.1 Å². The smallest absolute Gasteiger partial charge is 0.338 e. The summed E-state index contributed by atoms with van der Waals surface area (Å²) >= 11 is 5.82. The first-order chi connectivity index (χ1) is 14.8. The molecule has 0 radical (unpaired) electrons. The highest BCUT2D eigenvalue weighted by molar-refractivity contribution is 6.29. The summed E-state index contributed by atoms with van der Waals surface area (Å²) in [5.74, 6) is -0.801. The van der Waals surface area contributed by atoms with Crippen LogP contribution in [0.25, 0.3) is 6.08 Å². The standard InChI is InChI=1S/C24H29ClFN3O2/c1-6-15(2)19(8-7-18-10-13-28-23(25)22(18)26)21(9-12-27)29-14-11-20(24(30)31-5)16(3)17(29)4/h7-8,10-11,13-15H,4,6,9,12,27H2,1-3,5H3/b8-7+,21-19-. The van der Waals surface area contributed by atoms with Crippen molar-refractivity contribution in [1.82, 2.24) is 9.88 Å². The zero-order valence-electron chi connectivity index (χ0n) is 18.4. The normalized spacial score (nSPS) is 16.1. The number of pyridine rings is 1. The third kappa shape index (κ3) is 5.51. The number of allylic oxidation sites excluding steroid dienone is 3. The number of carbonyl (C=O) groups excluding carboxylic acids is 1. The predicted octanol–water partition coefficient (Wildman–Crippen LogP) is 5.37. The summed E-state index contributed by atoms with van der Waals surface area (Å²) < 4.78 is 19.2. The summed E-state index contributed by atoms with van der Waals surface area (Å²) in [5.41, 5.74) is 10.1. The van der Waals surface area contributed by atoms with Gasteiger partial charge in [0.1, 0.15) is 0 Å². The lowest BCUT2D eigenvalue weighted by Gasteiger charge is -2.32. The molecule has 0 spiro atoms. The topological polar surface area (TPSA) is 68.5 Å². The van der Waals surface area contributed by atoms with Gasteiger partial charge in [-0.15, -0.1) is 0 Å². The molecule has 1 aromatic heterocycles. The zero-order valence-corrected chi connectivity index (χ0v) is 19.2. The molecular formula is C24H29ClFN3O2.